The third-order valence-electron chi connectivity index (χ3n) is 4.96. The van der Waals surface area contributed by atoms with E-state index in [0.29, 0.717) is 25.3 Å². The molecule has 0 saturated carbocycles. The van der Waals surface area contributed by atoms with Gasteiger partial charge < -0.3 is 0 Å². The topological polar surface area (TPSA) is 37.4 Å². The Labute approximate surface area is 166 Å². The van der Waals surface area contributed by atoms with Crippen molar-refractivity contribution in [2.75, 3.05) is 13.1 Å². The lowest BCUT2D eigenvalue weighted by Gasteiger charge is -2.34. The predicted molar refractivity (Wildman–Crippen MR) is 99.1 cm³/mol. The number of hydrogen-bond acceptors (Lipinski definition) is 2. The van der Waals surface area contributed by atoms with Crippen LogP contribution in [0.4, 0.5) is 13.2 Å². The predicted octanol–water partition coefficient (Wildman–Crippen LogP) is 5.46. The van der Waals surface area contributed by atoms with Gasteiger partial charge in [0.1, 0.15) is 4.90 Å². The lowest BCUT2D eigenvalue weighted by Crippen LogP contribution is -2.40. The summed E-state index contributed by atoms with van der Waals surface area (Å²) in [5, 5.41) is 0.559. The van der Waals surface area contributed by atoms with Crippen molar-refractivity contribution in [1.29, 1.82) is 0 Å². The van der Waals surface area contributed by atoms with Crippen LogP contribution in [0.25, 0.3) is 0 Å². The first-order valence-corrected chi connectivity index (χ1v) is 10.7. The molecule has 1 aromatic rings. The summed E-state index contributed by atoms with van der Waals surface area (Å²) in [4.78, 5) is -0.502. The zero-order valence-electron chi connectivity index (χ0n) is 14.2. The Balaban J connectivity index is 1.78. The fourth-order valence-electron chi connectivity index (χ4n) is 3.48. The molecule has 1 atom stereocenters. The van der Waals surface area contributed by atoms with Gasteiger partial charge in [0.25, 0.3) is 0 Å². The summed E-state index contributed by atoms with van der Waals surface area (Å²) in [6.45, 7) is 0.463. The maximum atomic E-state index is 12.9. The largest absolute Gasteiger partial charge is 0.416 e. The van der Waals surface area contributed by atoms with Crippen molar-refractivity contribution in [3.8, 4) is 0 Å². The van der Waals surface area contributed by atoms with Gasteiger partial charge in [-0.2, -0.15) is 17.5 Å². The van der Waals surface area contributed by atoms with Crippen LogP contribution in [0.3, 0.4) is 0 Å². The third-order valence-corrected chi connectivity index (χ3v) is 7.62. The van der Waals surface area contributed by atoms with Crippen molar-refractivity contribution in [3.05, 3.63) is 52.0 Å². The van der Waals surface area contributed by atoms with E-state index in [4.69, 9.17) is 23.2 Å². The van der Waals surface area contributed by atoms with Gasteiger partial charge in [0.15, 0.2) is 0 Å². The summed E-state index contributed by atoms with van der Waals surface area (Å²) < 4.78 is 65.7. The van der Waals surface area contributed by atoms with E-state index in [1.165, 1.54) is 4.31 Å². The Morgan fingerprint density at radius 1 is 1.11 bits per heavy atom. The quantitative estimate of drug-likeness (QED) is 0.586. The van der Waals surface area contributed by atoms with Crippen molar-refractivity contribution in [3.63, 3.8) is 0 Å². The molecule has 0 radical (unpaired) electrons. The van der Waals surface area contributed by atoms with Gasteiger partial charge in [-0.15, -0.1) is 0 Å². The molecular formula is C18H18Cl2F3NO2S. The first-order chi connectivity index (χ1) is 12.6. The van der Waals surface area contributed by atoms with Crippen molar-refractivity contribution < 1.29 is 21.6 Å². The van der Waals surface area contributed by atoms with Gasteiger partial charge in [-0.3, -0.25) is 0 Å². The van der Waals surface area contributed by atoms with Crippen molar-refractivity contribution in [2.45, 2.75) is 30.3 Å². The molecule has 1 aromatic carbocycles. The van der Waals surface area contributed by atoms with E-state index in [-0.39, 0.29) is 29.9 Å². The monoisotopic (exact) mass is 439 g/mol. The van der Waals surface area contributed by atoms with E-state index < -0.39 is 26.7 Å². The summed E-state index contributed by atoms with van der Waals surface area (Å²) in [6.07, 6.45) is 3.33. The minimum absolute atomic E-state index is 0.160. The van der Waals surface area contributed by atoms with Crippen LogP contribution >= 0.6 is 23.2 Å². The molecule has 0 aromatic heterocycles. The molecule has 27 heavy (non-hydrogen) atoms. The number of alkyl halides is 3. The van der Waals surface area contributed by atoms with Gasteiger partial charge in [0.05, 0.1) is 10.6 Å². The standard InChI is InChI=1S/C18H18Cl2F3NO2S/c19-15-3-1-2-13(10-15)12-6-8-24(9-7-12)27(25,26)17-11-14(18(21,22)23)4-5-16(17)20/h1-2,4-5,10-13H,3,6-9H2. The average molecular weight is 440 g/mol. The number of sulfonamides is 1. The Hall–Kier alpha value is -1.02. The van der Waals surface area contributed by atoms with Crippen LogP contribution in [-0.4, -0.2) is 25.8 Å². The summed E-state index contributed by atoms with van der Waals surface area (Å²) in [7, 11) is -4.10. The molecule has 9 heteroatoms. The molecule has 0 spiro atoms. The van der Waals surface area contributed by atoms with E-state index in [1.807, 2.05) is 12.2 Å². The zero-order valence-corrected chi connectivity index (χ0v) is 16.5. The molecule has 1 aliphatic heterocycles. The Kier molecular flexibility index (Phi) is 5.96. The van der Waals surface area contributed by atoms with Crippen molar-refractivity contribution >= 4 is 33.2 Å². The van der Waals surface area contributed by atoms with Crippen LogP contribution in [0.15, 0.2) is 46.4 Å². The van der Waals surface area contributed by atoms with Crippen LogP contribution in [0, 0.1) is 11.8 Å². The fourth-order valence-corrected chi connectivity index (χ4v) is 5.69. The molecule has 148 valence electrons. The molecule has 3 nitrogen and oxygen atoms in total. The van der Waals surface area contributed by atoms with E-state index in [2.05, 4.69) is 6.08 Å². The SMILES string of the molecule is O=S(=O)(c1cc(C(F)(F)F)ccc1Cl)N1CCC(C2C=CCC(Cl)=C2)CC1. The molecule has 1 saturated heterocycles. The van der Waals surface area contributed by atoms with Crippen LogP contribution in [0.2, 0.25) is 5.02 Å². The number of piperidine rings is 1. The Bertz CT molecular complexity index is 873. The minimum atomic E-state index is -4.64. The van der Waals surface area contributed by atoms with Crippen molar-refractivity contribution in [2.24, 2.45) is 11.8 Å². The molecule has 3 rings (SSSR count). The minimum Gasteiger partial charge on any atom is -0.207 e. The normalized spacial score (nSPS) is 22.7. The van der Waals surface area contributed by atoms with Crippen molar-refractivity contribution in [1.82, 2.24) is 4.31 Å². The molecule has 1 unspecified atom stereocenters. The highest BCUT2D eigenvalue weighted by atomic mass is 35.5. The van der Waals surface area contributed by atoms with Crippen LogP contribution in [0.5, 0.6) is 0 Å². The van der Waals surface area contributed by atoms with Crippen LogP contribution in [0.1, 0.15) is 24.8 Å². The molecule has 0 N–H and O–H groups in total. The zero-order chi connectivity index (χ0) is 19.8. The summed E-state index contributed by atoms with van der Waals surface area (Å²) >= 11 is 12.0. The number of nitrogens with zero attached hydrogens (tertiary/aromatic N) is 1. The molecule has 2 aliphatic rings. The van der Waals surface area contributed by atoms with Gasteiger partial charge in [0.2, 0.25) is 10.0 Å². The Morgan fingerprint density at radius 2 is 1.78 bits per heavy atom. The van der Waals surface area contributed by atoms with E-state index >= 15 is 0 Å². The highest BCUT2D eigenvalue weighted by Gasteiger charge is 2.36. The number of allylic oxidation sites excluding steroid dienone is 4. The molecule has 0 amide bonds. The third kappa shape index (κ3) is 4.53. The van der Waals surface area contributed by atoms with Gasteiger partial charge in [-0.25, -0.2) is 8.42 Å². The molecule has 1 aliphatic carbocycles. The number of benzene rings is 1. The van der Waals surface area contributed by atoms with E-state index in [1.54, 1.807) is 0 Å². The number of rotatable bonds is 3. The maximum absolute atomic E-state index is 12.9. The average Bonchev–Trinajstić information content (AvgIpc) is 2.61. The summed E-state index contributed by atoms with van der Waals surface area (Å²) in [6, 6.07) is 2.36. The van der Waals surface area contributed by atoms with E-state index in [0.717, 1.165) is 17.2 Å². The van der Waals surface area contributed by atoms with Gasteiger partial charge >= 0.3 is 6.18 Å². The number of halogens is 5. The summed E-state index contributed by atoms with van der Waals surface area (Å²) in [5.74, 6) is 0.409. The highest BCUT2D eigenvalue weighted by Crippen LogP contribution is 2.37. The van der Waals surface area contributed by atoms with Gasteiger partial charge in [-0.05, 0) is 42.9 Å². The lowest BCUT2D eigenvalue weighted by molar-refractivity contribution is -0.137. The first kappa shape index (κ1) is 20.7. The lowest BCUT2D eigenvalue weighted by atomic mass is 9.83. The maximum Gasteiger partial charge on any atom is 0.416 e. The molecule has 0 bridgehead atoms. The smallest absolute Gasteiger partial charge is 0.207 e. The highest BCUT2D eigenvalue weighted by molar-refractivity contribution is 7.89. The second kappa shape index (κ2) is 7.78. The second-order valence-electron chi connectivity index (χ2n) is 6.71. The van der Waals surface area contributed by atoms with Gasteiger partial charge in [0, 0.05) is 24.5 Å². The van der Waals surface area contributed by atoms with Gasteiger partial charge in [-0.1, -0.05) is 41.4 Å². The number of hydrogen-bond donors (Lipinski definition) is 0. The second-order valence-corrected chi connectivity index (χ2v) is 9.51. The van der Waals surface area contributed by atoms with Crippen LogP contribution in [-0.2, 0) is 16.2 Å². The summed E-state index contributed by atoms with van der Waals surface area (Å²) in [5.41, 5.74) is -1.03. The molecular weight excluding hydrogens is 422 g/mol. The molecule has 1 heterocycles. The van der Waals surface area contributed by atoms with Crippen LogP contribution < -0.4 is 0 Å². The fraction of sp³-hybridized carbons (Fsp3) is 0.444. The Morgan fingerprint density at radius 3 is 2.37 bits per heavy atom. The van der Waals surface area contributed by atoms with E-state index in [9.17, 15) is 21.6 Å². The molecule has 1 fully saturated rings. The first-order valence-electron chi connectivity index (χ1n) is 8.49.